The van der Waals surface area contributed by atoms with Gasteiger partial charge in [-0.2, -0.15) is 0 Å². The molecule has 0 saturated heterocycles. The Labute approximate surface area is 85.4 Å². The number of amides is 1. The highest BCUT2D eigenvalue weighted by Crippen LogP contribution is 1.96. The van der Waals surface area contributed by atoms with Gasteiger partial charge in [0.1, 0.15) is 0 Å². The van der Waals surface area contributed by atoms with Crippen molar-refractivity contribution in [1.29, 1.82) is 0 Å². The topological polar surface area (TPSA) is 32.3 Å². The standard InChI is InChI=1S/C9H19ClN2O/c1-4-12(3)6-5-11-9(13)8(2)7-10/h8H,4-7H2,1-3H3,(H,11,13). The Hall–Kier alpha value is -0.280. The molecule has 1 N–H and O–H groups in total. The molecule has 0 aromatic rings. The summed E-state index contributed by atoms with van der Waals surface area (Å²) < 4.78 is 0. The maximum atomic E-state index is 11.2. The first kappa shape index (κ1) is 12.7. The van der Waals surface area contributed by atoms with Gasteiger partial charge in [-0.15, -0.1) is 11.6 Å². The number of carbonyl (C=O) groups excluding carboxylic acids is 1. The van der Waals surface area contributed by atoms with Gasteiger partial charge in [0.25, 0.3) is 0 Å². The van der Waals surface area contributed by atoms with Gasteiger partial charge in [0.2, 0.25) is 5.91 Å². The molecule has 1 atom stereocenters. The van der Waals surface area contributed by atoms with Crippen LogP contribution in [-0.4, -0.2) is 43.4 Å². The number of hydrogen-bond donors (Lipinski definition) is 1. The molecule has 0 radical (unpaired) electrons. The molecule has 0 rings (SSSR count). The van der Waals surface area contributed by atoms with Crippen molar-refractivity contribution >= 4 is 17.5 Å². The second kappa shape index (κ2) is 7.15. The third-order valence-corrected chi connectivity index (χ3v) is 2.47. The Kier molecular flexibility index (Phi) is 7.00. The van der Waals surface area contributed by atoms with E-state index < -0.39 is 0 Å². The largest absolute Gasteiger partial charge is 0.355 e. The maximum Gasteiger partial charge on any atom is 0.224 e. The molecule has 1 amide bonds. The molecule has 4 heteroatoms. The summed E-state index contributed by atoms with van der Waals surface area (Å²) >= 11 is 5.54. The lowest BCUT2D eigenvalue weighted by atomic mass is 10.2. The number of likely N-dealkylation sites (N-methyl/N-ethyl adjacent to an activating group) is 1. The lowest BCUT2D eigenvalue weighted by Crippen LogP contribution is -2.36. The molecular weight excluding hydrogens is 188 g/mol. The molecule has 0 aliphatic heterocycles. The number of nitrogens with zero attached hydrogens (tertiary/aromatic N) is 1. The van der Waals surface area contributed by atoms with E-state index in [1.54, 1.807) is 0 Å². The summed E-state index contributed by atoms with van der Waals surface area (Å²) in [6, 6.07) is 0. The lowest BCUT2D eigenvalue weighted by molar-refractivity contribution is -0.123. The van der Waals surface area contributed by atoms with Gasteiger partial charge in [0.05, 0.1) is 0 Å². The van der Waals surface area contributed by atoms with Gasteiger partial charge in [-0.3, -0.25) is 4.79 Å². The zero-order valence-corrected chi connectivity index (χ0v) is 9.40. The monoisotopic (exact) mass is 206 g/mol. The van der Waals surface area contributed by atoms with Gasteiger partial charge in [-0.1, -0.05) is 13.8 Å². The molecule has 0 aliphatic rings. The van der Waals surface area contributed by atoms with E-state index in [4.69, 9.17) is 11.6 Å². The number of hydrogen-bond acceptors (Lipinski definition) is 2. The number of halogens is 1. The molecule has 0 aromatic heterocycles. The number of alkyl halides is 1. The first-order valence-electron chi connectivity index (χ1n) is 4.64. The predicted molar refractivity (Wildman–Crippen MR) is 56.1 cm³/mol. The van der Waals surface area contributed by atoms with Crippen LogP contribution in [0, 0.1) is 5.92 Å². The zero-order chi connectivity index (χ0) is 10.3. The van der Waals surface area contributed by atoms with Crippen LogP contribution in [0.15, 0.2) is 0 Å². The molecule has 0 fully saturated rings. The Morgan fingerprint density at radius 2 is 2.23 bits per heavy atom. The first-order valence-corrected chi connectivity index (χ1v) is 5.17. The number of rotatable bonds is 6. The molecule has 78 valence electrons. The van der Waals surface area contributed by atoms with E-state index in [-0.39, 0.29) is 11.8 Å². The van der Waals surface area contributed by atoms with Crippen LogP contribution in [0.1, 0.15) is 13.8 Å². The van der Waals surface area contributed by atoms with Crippen LogP contribution in [0.25, 0.3) is 0 Å². The van der Waals surface area contributed by atoms with Crippen molar-refractivity contribution in [3.8, 4) is 0 Å². The van der Waals surface area contributed by atoms with Gasteiger partial charge in [-0.05, 0) is 13.6 Å². The van der Waals surface area contributed by atoms with E-state index in [1.807, 2.05) is 14.0 Å². The van der Waals surface area contributed by atoms with Gasteiger partial charge in [0.15, 0.2) is 0 Å². The Bertz CT molecular complexity index is 153. The van der Waals surface area contributed by atoms with E-state index in [0.29, 0.717) is 12.4 Å². The molecule has 0 spiro atoms. The van der Waals surface area contributed by atoms with Crippen LogP contribution >= 0.6 is 11.6 Å². The summed E-state index contributed by atoms with van der Waals surface area (Å²) in [6.45, 7) is 6.50. The summed E-state index contributed by atoms with van der Waals surface area (Å²) in [6.07, 6.45) is 0. The molecule has 3 nitrogen and oxygen atoms in total. The van der Waals surface area contributed by atoms with Crippen LogP contribution in [0.5, 0.6) is 0 Å². The third kappa shape index (κ3) is 5.88. The summed E-state index contributed by atoms with van der Waals surface area (Å²) in [7, 11) is 2.02. The molecule has 1 unspecified atom stereocenters. The quantitative estimate of drug-likeness (QED) is 0.656. The number of nitrogens with one attached hydrogen (secondary N) is 1. The van der Waals surface area contributed by atoms with E-state index in [9.17, 15) is 4.79 Å². The average molecular weight is 207 g/mol. The smallest absolute Gasteiger partial charge is 0.224 e. The minimum absolute atomic E-state index is 0.0412. The summed E-state index contributed by atoms with van der Waals surface area (Å²) in [4.78, 5) is 13.4. The summed E-state index contributed by atoms with van der Waals surface area (Å²) in [5, 5.41) is 2.83. The summed E-state index contributed by atoms with van der Waals surface area (Å²) in [5.74, 6) is 0.336. The fraction of sp³-hybridized carbons (Fsp3) is 0.889. The Morgan fingerprint density at radius 1 is 1.62 bits per heavy atom. The van der Waals surface area contributed by atoms with Crippen molar-refractivity contribution in [2.75, 3.05) is 32.6 Å². The minimum atomic E-state index is -0.0893. The van der Waals surface area contributed by atoms with Crippen molar-refractivity contribution < 1.29 is 4.79 Å². The molecular formula is C9H19ClN2O. The van der Waals surface area contributed by atoms with E-state index in [2.05, 4.69) is 17.1 Å². The van der Waals surface area contributed by atoms with Gasteiger partial charge >= 0.3 is 0 Å². The summed E-state index contributed by atoms with van der Waals surface area (Å²) in [5.41, 5.74) is 0. The van der Waals surface area contributed by atoms with Crippen molar-refractivity contribution in [2.45, 2.75) is 13.8 Å². The SMILES string of the molecule is CCN(C)CCNC(=O)C(C)CCl. The van der Waals surface area contributed by atoms with Gasteiger partial charge in [-0.25, -0.2) is 0 Å². The molecule has 0 saturated carbocycles. The minimum Gasteiger partial charge on any atom is -0.355 e. The Morgan fingerprint density at radius 3 is 2.69 bits per heavy atom. The van der Waals surface area contributed by atoms with Crippen molar-refractivity contribution in [3.05, 3.63) is 0 Å². The zero-order valence-electron chi connectivity index (χ0n) is 8.64. The maximum absolute atomic E-state index is 11.2. The molecule has 0 aromatic carbocycles. The predicted octanol–water partition coefficient (Wildman–Crippen LogP) is 0.929. The highest BCUT2D eigenvalue weighted by molar-refractivity contribution is 6.19. The van der Waals surface area contributed by atoms with Crippen LogP contribution < -0.4 is 5.32 Å². The highest BCUT2D eigenvalue weighted by Gasteiger charge is 2.09. The van der Waals surface area contributed by atoms with Crippen LogP contribution in [0.2, 0.25) is 0 Å². The molecule has 0 heterocycles. The Balaban J connectivity index is 3.47. The fourth-order valence-electron chi connectivity index (χ4n) is 0.772. The molecule has 13 heavy (non-hydrogen) atoms. The number of carbonyl (C=O) groups is 1. The van der Waals surface area contributed by atoms with E-state index in [0.717, 1.165) is 13.1 Å². The van der Waals surface area contributed by atoms with Gasteiger partial charge in [0, 0.05) is 24.9 Å². The highest BCUT2D eigenvalue weighted by atomic mass is 35.5. The normalized spacial score (nSPS) is 13.0. The fourth-order valence-corrected chi connectivity index (χ4v) is 0.913. The first-order chi connectivity index (χ1) is 6.11. The van der Waals surface area contributed by atoms with Crippen molar-refractivity contribution in [1.82, 2.24) is 10.2 Å². The van der Waals surface area contributed by atoms with Gasteiger partial charge < -0.3 is 10.2 Å². The van der Waals surface area contributed by atoms with Crippen molar-refractivity contribution in [2.24, 2.45) is 5.92 Å². The molecule has 0 bridgehead atoms. The second-order valence-electron chi connectivity index (χ2n) is 3.24. The second-order valence-corrected chi connectivity index (χ2v) is 3.55. The average Bonchev–Trinajstić information content (AvgIpc) is 2.15. The lowest BCUT2D eigenvalue weighted by Gasteiger charge is -2.15. The molecule has 0 aliphatic carbocycles. The third-order valence-electron chi connectivity index (χ3n) is 2.01. The van der Waals surface area contributed by atoms with Crippen LogP contribution in [-0.2, 0) is 4.79 Å². The van der Waals surface area contributed by atoms with Crippen molar-refractivity contribution in [3.63, 3.8) is 0 Å². The van der Waals surface area contributed by atoms with E-state index in [1.165, 1.54) is 0 Å². The van der Waals surface area contributed by atoms with Crippen LogP contribution in [0.4, 0.5) is 0 Å². The van der Waals surface area contributed by atoms with E-state index >= 15 is 0 Å². The van der Waals surface area contributed by atoms with Crippen LogP contribution in [0.3, 0.4) is 0 Å².